The number of carbonyl (C=O) groups is 2. The molecule has 0 saturated carbocycles. The molecule has 1 amide bonds. The molecule has 0 aliphatic heterocycles. The lowest BCUT2D eigenvalue weighted by Gasteiger charge is -2.12. The van der Waals surface area contributed by atoms with E-state index in [-0.39, 0.29) is 24.2 Å². The van der Waals surface area contributed by atoms with E-state index in [9.17, 15) is 9.59 Å². The molecule has 2 heterocycles. The first-order valence-corrected chi connectivity index (χ1v) is 7.96. The van der Waals surface area contributed by atoms with E-state index in [0.29, 0.717) is 5.39 Å². The van der Waals surface area contributed by atoms with E-state index in [4.69, 9.17) is 4.74 Å². The van der Waals surface area contributed by atoms with Crippen LogP contribution in [0.1, 0.15) is 28.3 Å². The van der Waals surface area contributed by atoms with Crippen molar-refractivity contribution in [1.82, 2.24) is 15.5 Å². The van der Waals surface area contributed by atoms with Crippen LogP contribution < -0.4 is 5.32 Å². The smallest absolute Gasteiger partial charge is 0.359 e. The summed E-state index contributed by atoms with van der Waals surface area (Å²) in [5.41, 5.74) is 0.926. The zero-order valence-electron chi connectivity index (χ0n) is 12.4. The number of aromatic nitrogens is 2. The molecule has 0 bridgehead atoms. The largest absolute Gasteiger partial charge is 0.451 e. The van der Waals surface area contributed by atoms with Gasteiger partial charge in [-0.1, -0.05) is 24.3 Å². The first-order valence-electron chi connectivity index (χ1n) is 7.08. The van der Waals surface area contributed by atoms with Gasteiger partial charge >= 0.3 is 5.97 Å². The van der Waals surface area contributed by atoms with Gasteiger partial charge < -0.3 is 10.1 Å². The van der Waals surface area contributed by atoms with Gasteiger partial charge in [0.2, 0.25) is 0 Å². The van der Waals surface area contributed by atoms with Crippen LogP contribution in [0.2, 0.25) is 0 Å². The van der Waals surface area contributed by atoms with Crippen molar-refractivity contribution in [3.05, 3.63) is 52.3 Å². The maximum absolute atomic E-state index is 12.1. The predicted molar refractivity (Wildman–Crippen MR) is 87.3 cm³/mol. The summed E-state index contributed by atoms with van der Waals surface area (Å²) in [6.07, 6.45) is 0. The van der Waals surface area contributed by atoms with E-state index in [2.05, 4.69) is 15.5 Å². The summed E-state index contributed by atoms with van der Waals surface area (Å²) < 4.78 is 5.04. The number of nitrogens with one attached hydrogen (secondary N) is 2. The number of thiophene rings is 1. The second-order valence-electron chi connectivity index (χ2n) is 5.00. The van der Waals surface area contributed by atoms with Crippen molar-refractivity contribution in [2.45, 2.75) is 13.0 Å². The number of carbonyl (C=O) groups excluding carboxylic acids is 2. The van der Waals surface area contributed by atoms with Crippen LogP contribution in [0, 0.1) is 0 Å². The lowest BCUT2D eigenvalue weighted by atomic mass is 10.2. The molecule has 118 valence electrons. The second-order valence-corrected chi connectivity index (χ2v) is 5.98. The third-order valence-electron chi connectivity index (χ3n) is 3.35. The van der Waals surface area contributed by atoms with E-state index in [1.807, 2.05) is 42.6 Å². The highest BCUT2D eigenvalue weighted by Gasteiger charge is 2.17. The first kappa shape index (κ1) is 15.2. The van der Waals surface area contributed by atoms with E-state index in [0.717, 1.165) is 10.4 Å². The van der Waals surface area contributed by atoms with Gasteiger partial charge in [0.15, 0.2) is 12.3 Å². The summed E-state index contributed by atoms with van der Waals surface area (Å²) in [4.78, 5) is 25.0. The van der Waals surface area contributed by atoms with Crippen molar-refractivity contribution < 1.29 is 14.3 Å². The summed E-state index contributed by atoms with van der Waals surface area (Å²) in [5.74, 6) is -0.972. The molecule has 3 rings (SSSR count). The fourth-order valence-corrected chi connectivity index (χ4v) is 2.94. The van der Waals surface area contributed by atoms with E-state index >= 15 is 0 Å². The molecule has 1 atom stereocenters. The Kier molecular flexibility index (Phi) is 4.38. The SMILES string of the molecule is C[C@@H](NC(=O)COC(=O)c1n[nH]c2ccccc12)c1cccs1. The van der Waals surface area contributed by atoms with Crippen LogP contribution in [0.5, 0.6) is 0 Å². The molecule has 2 aromatic heterocycles. The molecule has 2 N–H and O–H groups in total. The van der Waals surface area contributed by atoms with Gasteiger partial charge in [0, 0.05) is 10.3 Å². The average Bonchev–Trinajstić information content (AvgIpc) is 3.22. The van der Waals surface area contributed by atoms with Crippen molar-refractivity contribution in [1.29, 1.82) is 0 Å². The number of ether oxygens (including phenoxy) is 1. The number of aromatic amines is 1. The Morgan fingerprint density at radius 3 is 2.91 bits per heavy atom. The molecule has 0 aliphatic carbocycles. The molecule has 0 aliphatic rings. The summed E-state index contributed by atoms with van der Waals surface area (Å²) >= 11 is 1.56. The molecule has 1 aromatic carbocycles. The molecule has 7 heteroatoms. The highest BCUT2D eigenvalue weighted by Crippen LogP contribution is 2.18. The number of H-pyrrole nitrogens is 1. The zero-order valence-corrected chi connectivity index (χ0v) is 13.2. The van der Waals surface area contributed by atoms with Crippen molar-refractivity contribution in [2.75, 3.05) is 6.61 Å². The highest BCUT2D eigenvalue weighted by molar-refractivity contribution is 7.10. The van der Waals surface area contributed by atoms with Crippen molar-refractivity contribution in [3.8, 4) is 0 Å². The molecule has 0 unspecified atom stereocenters. The van der Waals surface area contributed by atoms with Crippen LogP contribution in [0.15, 0.2) is 41.8 Å². The Hall–Kier alpha value is -2.67. The zero-order chi connectivity index (χ0) is 16.2. The molecule has 0 saturated heterocycles. The Bertz CT molecular complexity index is 826. The second kappa shape index (κ2) is 6.62. The fraction of sp³-hybridized carbons (Fsp3) is 0.188. The number of nitrogens with zero attached hydrogens (tertiary/aromatic N) is 1. The highest BCUT2D eigenvalue weighted by atomic mass is 32.1. The normalized spacial score (nSPS) is 12.0. The van der Waals surface area contributed by atoms with Gasteiger partial charge in [0.25, 0.3) is 5.91 Å². The number of esters is 1. The van der Waals surface area contributed by atoms with Gasteiger partial charge in [0.1, 0.15) is 0 Å². The van der Waals surface area contributed by atoms with Crippen LogP contribution in [-0.2, 0) is 9.53 Å². The fourth-order valence-electron chi connectivity index (χ4n) is 2.21. The van der Waals surface area contributed by atoms with E-state index in [1.54, 1.807) is 17.4 Å². The summed E-state index contributed by atoms with van der Waals surface area (Å²) in [5, 5.41) is 12.1. The Morgan fingerprint density at radius 2 is 2.13 bits per heavy atom. The predicted octanol–water partition coefficient (Wildman–Crippen LogP) is 2.66. The molecule has 0 spiro atoms. The Balaban J connectivity index is 1.57. The number of rotatable bonds is 5. The minimum Gasteiger partial charge on any atom is -0.451 e. The number of hydrogen-bond acceptors (Lipinski definition) is 5. The molecular weight excluding hydrogens is 314 g/mol. The van der Waals surface area contributed by atoms with Gasteiger partial charge in [-0.3, -0.25) is 9.89 Å². The summed E-state index contributed by atoms with van der Waals surface area (Å²) in [7, 11) is 0. The molecule has 23 heavy (non-hydrogen) atoms. The maximum Gasteiger partial charge on any atom is 0.359 e. The molecule has 6 nitrogen and oxygen atoms in total. The minimum absolute atomic E-state index is 0.118. The third-order valence-corrected chi connectivity index (χ3v) is 4.40. The standard InChI is InChI=1S/C16H15N3O3S/c1-10(13-7-4-8-23-13)17-14(20)9-22-16(21)15-11-5-2-3-6-12(11)18-19-15/h2-8,10H,9H2,1H3,(H,17,20)(H,18,19)/t10-/m1/s1. The third kappa shape index (κ3) is 3.40. The van der Waals surface area contributed by atoms with Crippen LogP contribution in [0.25, 0.3) is 10.9 Å². The van der Waals surface area contributed by atoms with Crippen LogP contribution in [0.4, 0.5) is 0 Å². The number of benzene rings is 1. The lowest BCUT2D eigenvalue weighted by molar-refractivity contribution is -0.124. The van der Waals surface area contributed by atoms with Crippen molar-refractivity contribution >= 4 is 34.1 Å². The molecular formula is C16H15N3O3S. The molecule has 0 radical (unpaired) electrons. The number of hydrogen-bond donors (Lipinski definition) is 2. The topological polar surface area (TPSA) is 84.1 Å². The maximum atomic E-state index is 12.1. The van der Waals surface area contributed by atoms with Gasteiger partial charge in [-0.15, -0.1) is 11.3 Å². The van der Waals surface area contributed by atoms with Crippen LogP contribution in [0.3, 0.4) is 0 Å². The first-order chi connectivity index (χ1) is 11.1. The summed E-state index contributed by atoms with van der Waals surface area (Å²) in [6, 6.07) is 11.0. The van der Waals surface area contributed by atoms with Gasteiger partial charge in [-0.2, -0.15) is 5.10 Å². The lowest BCUT2D eigenvalue weighted by Crippen LogP contribution is -2.30. The number of amides is 1. The van der Waals surface area contributed by atoms with Gasteiger partial charge in [-0.05, 0) is 24.4 Å². The van der Waals surface area contributed by atoms with Gasteiger partial charge in [0.05, 0.1) is 11.6 Å². The number of para-hydroxylation sites is 1. The molecule has 3 aromatic rings. The van der Waals surface area contributed by atoms with E-state index in [1.165, 1.54) is 0 Å². The monoisotopic (exact) mass is 329 g/mol. The van der Waals surface area contributed by atoms with Crippen LogP contribution in [-0.4, -0.2) is 28.7 Å². The van der Waals surface area contributed by atoms with Crippen molar-refractivity contribution in [3.63, 3.8) is 0 Å². The van der Waals surface area contributed by atoms with Crippen LogP contribution >= 0.6 is 11.3 Å². The van der Waals surface area contributed by atoms with Crippen molar-refractivity contribution in [2.24, 2.45) is 0 Å². The number of fused-ring (bicyclic) bond motifs is 1. The van der Waals surface area contributed by atoms with E-state index < -0.39 is 5.97 Å². The quantitative estimate of drug-likeness (QED) is 0.705. The molecule has 0 fully saturated rings. The average molecular weight is 329 g/mol. The summed E-state index contributed by atoms with van der Waals surface area (Å²) in [6.45, 7) is 1.54. The minimum atomic E-state index is -0.624. The van der Waals surface area contributed by atoms with Gasteiger partial charge in [-0.25, -0.2) is 4.79 Å². The Labute approximate surface area is 136 Å². The Morgan fingerprint density at radius 1 is 1.30 bits per heavy atom.